The van der Waals surface area contributed by atoms with Gasteiger partial charge in [-0.1, -0.05) is 23.2 Å². The second kappa shape index (κ2) is 4.80. The second-order valence-corrected chi connectivity index (χ2v) is 3.76. The van der Waals surface area contributed by atoms with Crippen molar-refractivity contribution in [3.05, 3.63) is 28.0 Å². The fraction of sp³-hybridized carbons (Fsp3) is 0.444. The van der Waals surface area contributed by atoms with E-state index in [0.29, 0.717) is 16.9 Å². The first-order valence-electron chi connectivity index (χ1n) is 4.01. The molecular weight excluding hydrogens is 209 g/mol. The van der Waals surface area contributed by atoms with E-state index in [1.54, 1.807) is 12.1 Å². The molecule has 0 bridgehead atoms. The van der Waals surface area contributed by atoms with E-state index in [1.165, 1.54) is 0 Å². The number of aromatic nitrogens is 1. The molecule has 0 fully saturated rings. The Morgan fingerprint density at radius 2 is 1.85 bits per heavy atom. The van der Waals surface area contributed by atoms with Crippen LogP contribution in [0.3, 0.4) is 0 Å². The Hall–Kier alpha value is -0.310. The Morgan fingerprint density at radius 3 is 2.31 bits per heavy atom. The second-order valence-electron chi connectivity index (χ2n) is 2.98. The molecule has 0 saturated heterocycles. The summed E-state index contributed by atoms with van der Waals surface area (Å²) in [5.74, 6) is 0. The van der Waals surface area contributed by atoms with Gasteiger partial charge in [0.05, 0.1) is 12.7 Å². The van der Waals surface area contributed by atoms with Crippen molar-refractivity contribution in [3.8, 4) is 0 Å². The van der Waals surface area contributed by atoms with Crippen LogP contribution in [0.1, 0.15) is 19.4 Å². The predicted octanol–water partition coefficient (Wildman–Crippen LogP) is 3.31. The number of ether oxygens (including phenoxy) is 1. The van der Waals surface area contributed by atoms with Crippen molar-refractivity contribution in [1.29, 1.82) is 0 Å². The Morgan fingerprint density at radius 1 is 1.31 bits per heavy atom. The first-order valence-corrected chi connectivity index (χ1v) is 4.77. The van der Waals surface area contributed by atoms with Gasteiger partial charge in [-0.25, -0.2) is 4.98 Å². The van der Waals surface area contributed by atoms with Crippen molar-refractivity contribution < 1.29 is 4.74 Å². The van der Waals surface area contributed by atoms with E-state index in [0.717, 1.165) is 5.56 Å². The number of hydrogen-bond donors (Lipinski definition) is 0. The third-order valence-corrected chi connectivity index (χ3v) is 1.79. The summed E-state index contributed by atoms with van der Waals surface area (Å²) in [4.78, 5) is 3.84. The minimum atomic E-state index is 0.200. The zero-order valence-electron chi connectivity index (χ0n) is 7.55. The molecule has 0 unspecified atom stereocenters. The van der Waals surface area contributed by atoms with Crippen LogP contribution in [0.4, 0.5) is 0 Å². The van der Waals surface area contributed by atoms with Gasteiger partial charge in [-0.2, -0.15) is 0 Å². The molecule has 0 aliphatic heterocycles. The summed E-state index contributed by atoms with van der Waals surface area (Å²) >= 11 is 11.4. The Labute approximate surface area is 87.8 Å². The number of halogens is 2. The highest BCUT2D eigenvalue weighted by molar-refractivity contribution is 6.32. The van der Waals surface area contributed by atoms with Crippen LogP contribution in [0, 0.1) is 0 Å². The lowest BCUT2D eigenvalue weighted by Crippen LogP contribution is -2.02. The average molecular weight is 220 g/mol. The van der Waals surface area contributed by atoms with Crippen LogP contribution in [0.5, 0.6) is 0 Å². The minimum absolute atomic E-state index is 0.200. The Kier molecular flexibility index (Phi) is 3.97. The molecule has 1 aromatic rings. The number of rotatable bonds is 3. The lowest BCUT2D eigenvalue weighted by Gasteiger charge is -2.07. The molecule has 4 heteroatoms. The van der Waals surface area contributed by atoms with Crippen LogP contribution in [0.25, 0.3) is 0 Å². The molecule has 0 saturated carbocycles. The molecule has 13 heavy (non-hydrogen) atoms. The molecule has 1 rings (SSSR count). The van der Waals surface area contributed by atoms with E-state index in [1.807, 2.05) is 13.8 Å². The van der Waals surface area contributed by atoms with Crippen molar-refractivity contribution in [2.24, 2.45) is 0 Å². The third kappa shape index (κ3) is 3.94. The van der Waals surface area contributed by atoms with Gasteiger partial charge in [0.2, 0.25) is 0 Å². The summed E-state index contributed by atoms with van der Waals surface area (Å²) in [7, 11) is 0. The summed E-state index contributed by atoms with van der Waals surface area (Å²) in [6.45, 7) is 4.47. The van der Waals surface area contributed by atoms with Gasteiger partial charge in [0.25, 0.3) is 0 Å². The maximum Gasteiger partial charge on any atom is 0.131 e. The highest BCUT2D eigenvalue weighted by Gasteiger charge is 2.00. The van der Waals surface area contributed by atoms with E-state index in [-0.39, 0.29) is 6.10 Å². The van der Waals surface area contributed by atoms with Gasteiger partial charge < -0.3 is 4.74 Å². The molecule has 0 aromatic carbocycles. The normalized spacial score (nSPS) is 10.8. The smallest absolute Gasteiger partial charge is 0.131 e. The zero-order chi connectivity index (χ0) is 9.84. The molecule has 0 N–H and O–H groups in total. The van der Waals surface area contributed by atoms with Crippen molar-refractivity contribution in [3.63, 3.8) is 0 Å². The van der Waals surface area contributed by atoms with Crippen molar-refractivity contribution in [2.45, 2.75) is 26.6 Å². The van der Waals surface area contributed by atoms with Crippen LogP contribution in [0.2, 0.25) is 10.3 Å². The largest absolute Gasteiger partial charge is 0.374 e. The van der Waals surface area contributed by atoms with Gasteiger partial charge in [0, 0.05) is 0 Å². The van der Waals surface area contributed by atoms with Gasteiger partial charge in [0.15, 0.2) is 0 Å². The minimum Gasteiger partial charge on any atom is -0.374 e. The molecule has 1 aromatic heterocycles. The lowest BCUT2D eigenvalue weighted by atomic mass is 10.3. The highest BCUT2D eigenvalue weighted by Crippen LogP contribution is 2.15. The van der Waals surface area contributed by atoms with E-state index in [2.05, 4.69) is 4.98 Å². The van der Waals surface area contributed by atoms with Gasteiger partial charge in [-0.15, -0.1) is 0 Å². The number of nitrogens with zero attached hydrogens (tertiary/aromatic N) is 1. The molecule has 0 spiro atoms. The van der Waals surface area contributed by atoms with Gasteiger partial charge in [0.1, 0.15) is 10.3 Å². The standard InChI is InChI=1S/C9H11Cl2NO/c1-6(2)13-5-7-3-8(10)12-9(11)4-7/h3-4,6H,5H2,1-2H3. The molecule has 72 valence electrons. The maximum atomic E-state index is 5.71. The molecular formula is C9H11Cl2NO. The van der Waals surface area contributed by atoms with Crippen LogP contribution in [-0.2, 0) is 11.3 Å². The Bertz CT molecular complexity index is 269. The summed E-state index contributed by atoms with van der Waals surface area (Å²) in [6, 6.07) is 3.49. The number of pyridine rings is 1. The maximum absolute atomic E-state index is 5.71. The van der Waals surface area contributed by atoms with Crippen LogP contribution < -0.4 is 0 Å². The molecule has 0 aliphatic rings. The van der Waals surface area contributed by atoms with Crippen LogP contribution >= 0.6 is 23.2 Å². The first kappa shape index (κ1) is 10.8. The molecule has 0 radical (unpaired) electrons. The van der Waals surface area contributed by atoms with Crippen molar-refractivity contribution >= 4 is 23.2 Å². The fourth-order valence-corrected chi connectivity index (χ4v) is 1.37. The van der Waals surface area contributed by atoms with E-state index in [9.17, 15) is 0 Å². The molecule has 2 nitrogen and oxygen atoms in total. The van der Waals surface area contributed by atoms with Gasteiger partial charge in [-0.3, -0.25) is 0 Å². The van der Waals surface area contributed by atoms with Gasteiger partial charge in [-0.05, 0) is 31.5 Å². The van der Waals surface area contributed by atoms with E-state index in [4.69, 9.17) is 27.9 Å². The predicted molar refractivity (Wildman–Crippen MR) is 54.2 cm³/mol. The summed E-state index contributed by atoms with van der Waals surface area (Å²) in [6.07, 6.45) is 0.200. The summed E-state index contributed by atoms with van der Waals surface area (Å²) in [5, 5.41) is 0.796. The number of hydrogen-bond acceptors (Lipinski definition) is 2. The molecule has 0 amide bonds. The van der Waals surface area contributed by atoms with Crippen LogP contribution in [-0.4, -0.2) is 11.1 Å². The van der Waals surface area contributed by atoms with Crippen molar-refractivity contribution in [1.82, 2.24) is 4.98 Å². The van der Waals surface area contributed by atoms with Gasteiger partial charge >= 0.3 is 0 Å². The zero-order valence-corrected chi connectivity index (χ0v) is 9.06. The van der Waals surface area contributed by atoms with Crippen LogP contribution in [0.15, 0.2) is 12.1 Å². The first-order chi connectivity index (χ1) is 6.08. The monoisotopic (exact) mass is 219 g/mol. The molecule has 0 aliphatic carbocycles. The fourth-order valence-electron chi connectivity index (χ4n) is 0.860. The molecule has 1 heterocycles. The summed E-state index contributed by atoms with van der Waals surface area (Å²) in [5.41, 5.74) is 0.943. The van der Waals surface area contributed by atoms with E-state index >= 15 is 0 Å². The quantitative estimate of drug-likeness (QED) is 0.729. The average Bonchev–Trinajstić information content (AvgIpc) is 1.99. The topological polar surface area (TPSA) is 22.1 Å². The van der Waals surface area contributed by atoms with Crippen molar-refractivity contribution in [2.75, 3.05) is 0 Å². The lowest BCUT2D eigenvalue weighted by molar-refractivity contribution is 0.0657. The summed E-state index contributed by atoms with van der Waals surface area (Å²) < 4.78 is 5.39. The molecule has 0 atom stereocenters. The van der Waals surface area contributed by atoms with E-state index < -0.39 is 0 Å². The third-order valence-electron chi connectivity index (χ3n) is 1.41. The SMILES string of the molecule is CC(C)OCc1cc(Cl)nc(Cl)c1. The highest BCUT2D eigenvalue weighted by atomic mass is 35.5. The Balaban J connectivity index is 2.66.